The van der Waals surface area contributed by atoms with Crippen LogP contribution in [0.2, 0.25) is 0 Å². The molecule has 3 rings (SSSR count). The molecule has 3 aromatic rings. The number of fused-ring (bicyclic) bond motifs is 1. The van der Waals surface area contributed by atoms with Crippen LogP contribution in [0.1, 0.15) is 22.8 Å². The fourth-order valence-corrected chi connectivity index (χ4v) is 3.48. The predicted molar refractivity (Wildman–Crippen MR) is 92.8 cm³/mol. The van der Waals surface area contributed by atoms with Gasteiger partial charge in [-0.3, -0.25) is 9.59 Å². The van der Waals surface area contributed by atoms with Crippen molar-refractivity contribution in [2.45, 2.75) is 19.6 Å². The number of carbonyl (C=O) groups is 1. The van der Waals surface area contributed by atoms with E-state index in [9.17, 15) is 27.9 Å². The smallest absolute Gasteiger partial charge is 0.416 e. The second-order valence-corrected chi connectivity index (χ2v) is 6.36. The first-order valence-electron chi connectivity index (χ1n) is 7.55. The van der Waals surface area contributed by atoms with E-state index < -0.39 is 34.5 Å². The molecule has 0 saturated carbocycles. The monoisotopic (exact) mass is 382 g/mol. The van der Waals surface area contributed by atoms with Crippen LogP contribution in [0.3, 0.4) is 0 Å². The number of aromatic nitrogens is 1. The molecule has 0 radical (unpaired) electrons. The van der Waals surface area contributed by atoms with E-state index in [0.717, 1.165) is 29.5 Å². The maximum absolute atomic E-state index is 12.8. The average Bonchev–Trinajstić information content (AvgIpc) is 3.04. The number of nitrogens with zero attached hydrogens (tertiary/aromatic N) is 1. The van der Waals surface area contributed by atoms with Crippen molar-refractivity contribution in [3.8, 4) is 5.75 Å². The number of hydrogen-bond donors (Lipinski definition) is 2. The van der Waals surface area contributed by atoms with Gasteiger partial charge < -0.3 is 15.0 Å². The fourth-order valence-electron chi connectivity index (χ4n) is 2.64. The molecule has 136 valence electrons. The number of benzene rings is 1. The zero-order valence-electron chi connectivity index (χ0n) is 13.4. The van der Waals surface area contributed by atoms with Gasteiger partial charge in [-0.15, -0.1) is 11.3 Å². The van der Waals surface area contributed by atoms with Crippen molar-refractivity contribution < 1.29 is 23.1 Å². The Morgan fingerprint density at radius 2 is 2.04 bits per heavy atom. The summed E-state index contributed by atoms with van der Waals surface area (Å²) >= 11 is 1.16. The van der Waals surface area contributed by atoms with Gasteiger partial charge in [-0.05, 0) is 36.6 Å². The number of hydrogen-bond acceptors (Lipinski definition) is 4. The van der Waals surface area contributed by atoms with Crippen LogP contribution >= 0.6 is 11.3 Å². The molecule has 0 fully saturated rings. The van der Waals surface area contributed by atoms with Crippen LogP contribution in [-0.4, -0.2) is 15.6 Å². The highest BCUT2D eigenvalue weighted by molar-refractivity contribution is 7.17. The van der Waals surface area contributed by atoms with E-state index in [2.05, 4.69) is 5.32 Å². The van der Waals surface area contributed by atoms with Gasteiger partial charge in [-0.2, -0.15) is 13.2 Å². The number of amides is 1. The van der Waals surface area contributed by atoms with E-state index in [4.69, 9.17) is 0 Å². The largest absolute Gasteiger partial charge is 0.505 e. The topological polar surface area (TPSA) is 71.3 Å². The lowest BCUT2D eigenvalue weighted by Crippen LogP contribution is -2.29. The molecule has 0 saturated heterocycles. The van der Waals surface area contributed by atoms with Crippen molar-refractivity contribution in [1.29, 1.82) is 0 Å². The number of anilines is 1. The molecule has 0 atom stereocenters. The van der Waals surface area contributed by atoms with Gasteiger partial charge in [-0.1, -0.05) is 6.07 Å². The Bertz CT molecular complexity index is 1050. The fraction of sp³-hybridized carbons (Fsp3) is 0.176. The van der Waals surface area contributed by atoms with Crippen molar-refractivity contribution >= 4 is 33.1 Å². The number of thiophene rings is 1. The number of aromatic hydroxyl groups is 1. The molecule has 0 unspecified atom stereocenters. The van der Waals surface area contributed by atoms with Gasteiger partial charge in [0.05, 0.1) is 15.8 Å². The Labute approximate surface area is 149 Å². The third-order valence-electron chi connectivity index (χ3n) is 3.84. The maximum atomic E-state index is 12.8. The number of alkyl halides is 3. The van der Waals surface area contributed by atoms with Crippen molar-refractivity contribution in [1.82, 2.24) is 4.57 Å². The molecular weight excluding hydrogens is 369 g/mol. The highest BCUT2D eigenvalue weighted by Crippen LogP contribution is 2.33. The summed E-state index contributed by atoms with van der Waals surface area (Å²) in [6, 6.07) is 5.70. The van der Waals surface area contributed by atoms with E-state index in [0.29, 0.717) is 10.2 Å². The van der Waals surface area contributed by atoms with Crippen LogP contribution in [0.15, 0.2) is 40.5 Å². The van der Waals surface area contributed by atoms with Gasteiger partial charge in [-0.25, -0.2) is 0 Å². The number of aryl methyl sites for hydroxylation is 1. The molecule has 5 nitrogen and oxygen atoms in total. The maximum Gasteiger partial charge on any atom is 0.416 e. The Morgan fingerprint density at radius 1 is 1.31 bits per heavy atom. The van der Waals surface area contributed by atoms with Crippen LogP contribution in [0.25, 0.3) is 10.2 Å². The van der Waals surface area contributed by atoms with Gasteiger partial charge in [0, 0.05) is 12.2 Å². The molecule has 0 aliphatic heterocycles. The predicted octanol–water partition coefficient (Wildman–Crippen LogP) is 4.06. The molecule has 26 heavy (non-hydrogen) atoms. The molecule has 1 amide bonds. The minimum absolute atomic E-state index is 0.127. The van der Waals surface area contributed by atoms with Crippen molar-refractivity contribution in [2.75, 3.05) is 5.32 Å². The second-order valence-electron chi connectivity index (χ2n) is 5.44. The van der Waals surface area contributed by atoms with Crippen LogP contribution in [0.5, 0.6) is 5.75 Å². The van der Waals surface area contributed by atoms with E-state index in [1.165, 1.54) is 10.6 Å². The Kier molecular flexibility index (Phi) is 4.49. The number of pyridine rings is 1. The molecule has 0 aliphatic rings. The van der Waals surface area contributed by atoms with E-state index in [-0.39, 0.29) is 12.2 Å². The molecule has 0 spiro atoms. The van der Waals surface area contributed by atoms with Gasteiger partial charge in [0.2, 0.25) is 0 Å². The molecule has 0 bridgehead atoms. The summed E-state index contributed by atoms with van der Waals surface area (Å²) in [7, 11) is 0. The van der Waals surface area contributed by atoms with Gasteiger partial charge in [0.1, 0.15) is 5.56 Å². The number of halogens is 3. The van der Waals surface area contributed by atoms with Gasteiger partial charge >= 0.3 is 6.18 Å². The number of rotatable bonds is 3. The lowest BCUT2D eigenvalue weighted by Gasteiger charge is -2.12. The summed E-state index contributed by atoms with van der Waals surface area (Å²) in [6.45, 7) is 1.99. The normalized spacial score (nSPS) is 11.7. The summed E-state index contributed by atoms with van der Waals surface area (Å²) < 4.78 is 40.1. The van der Waals surface area contributed by atoms with Crippen LogP contribution in [0.4, 0.5) is 18.9 Å². The number of nitrogens with one attached hydrogen (secondary N) is 1. The third kappa shape index (κ3) is 3.05. The molecule has 0 aliphatic carbocycles. The Morgan fingerprint density at radius 3 is 2.69 bits per heavy atom. The van der Waals surface area contributed by atoms with E-state index >= 15 is 0 Å². The first-order valence-corrected chi connectivity index (χ1v) is 8.43. The summed E-state index contributed by atoms with van der Waals surface area (Å²) in [5, 5.41) is 14.3. The van der Waals surface area contributed by atoms with E-state index in [1.54, 1.807) is 18.4 Å². The van der Waals surface area contributed by atoms with Crippen LogP contribution < -0.4 is 10.9 Å². The van der Waals surface area contributed by atoms with Crippen molar-refractivity contribution in [3.63, 3.8) is 0 Å². The van der Waals surface area contributed by atoms with Crippen molar-refractivity contribution in [3.05, 3.63) is 57.2 Å². The Hall–Kier alpha value is -2.81. The molecular formula is C17H13F3N2O3S. The van der Waals surface area contributed by atoms with Crippen molar-refractivity contribution in [2.24, 2.45) is 0 Å². The SMILES string of the molecule is CCn1c(=O)c(C(=O)Nc2cccc(C(F)(F)F)c2)c(O)c2sccc21. The zero-order valence-corrected chi connectivity index (χ0v) is 14.2. The minimum atomic E-state index is -4.56. The molecule has 9 heteroatoms. The highest BCUT2D eigenvalue weighted by Gasteiger charge is 2.31. The first-order chi connectivity index (χ1) is 12.2. The number of carbonyl (C=O) groups excluding carboxylic acids is 1. The average molecular weight is 382 g/mol. The standard InChI is InChI=1S/C17H13F3N2O3S/c1-2-22-11-6-7-26-14(11)13(23)12(16(22)25)15(24)21-10-5-3-4-9(8-10)17(18,19)20/h3-8,23H,2H2,1H3,(H,21,24). The first kappa shape index (κ1) is 18.0. The Balaban J connectivity index is 2.05. The van der Waals surface area contributed by atoms with E-state index in [1.807, 2.05) is 0 Å². The third-order valence-corrected chi connectivity index (χ3v) is 4.75. The quantitative estimate of drug-likeness (QED) is 0.718. The second kappa shape index (κ2) is 6.49. The molecule has 2 heterocycles. The zero-order chi connectivity index (χ0) is 19.1. The summed E-state index contributed by atoms with van der Waals surface area (Å²) in [6.07, 6.45) is -4.56. The highest BCUT2D eigenvalue weighted by atomic mass is 32.1. The summed E-state index contributed by atoms with van der Waals surface area (Å²) in [5.74, 6) is -1.45. The van der Waals surface area contributed by atoms with Gasteiger partial charge in [0.25, 0.3) is 11.5 Å². The lowest BCUT2D eigenvalue weighted by atomic mass is 10.1. The minimum Gasteiger partial charge on any atom is -0.505 e. The summed E-state index contributed by atoms with van der Waals surface area (Å²) in [5.41, 5.74) is -1.77. The molecule has 1 aromatic carbocycles. The molecule has 2 aromatic heterocycles. The lowest BCUT2D eigenvalue weighted by molar-refractivity contribution is -0.137. The van der Waals surface area contributed by atoms with Gasteiger partial charge in [0.15, 0.2) is 5.75 Å². The molecule has 2 N–H and O–H groups in total. The summed E-state index contributed by atoms with van der Waals surface area (Å²) in [4.78, 5) is 25.0. The van der Waals surface area contributed by atoms with Crippen LogP contribution in [-0.2, 0) is 12.7 Å². The van der Waals surface area contributed by atoms with Crippen LogP contribution in [0, 0.1) is 0 Å².